The van der Waals surface area contributed by atoms with Crippen LogP contribution in [0.4, 0.5) is 20.7 Å². The minimum atomic E-state index is -0.848. The fraction of sp³-hybridized carbons (Fsp3) is 0.393. The van der Waals surface area contributed by atoms with E-state index in [1.165, 1.54) is 17.0 Å². The fourth-order valence-corrected chi connectivity index (χ4v) is 5.26. The molecule has 0 bridgehead atoms. The molecule has 2 aliphatic heterocycles. The molecule has 37 heavy (non-hydrogen) atoms. The number of pyridine rings is 2. The number of nitrogens with one attached hydrogen (secondary N) is 1. The Morgan fingerprint density at radius 1 is 1.05 bits per heavy atom. The van der Waals surface area contributed by atoms with Gasteiger partial charge in [0, 0.05) is 75.0 Å². The molecule has 1 atom stereocenters. The predicted molar refractivity (Wildman–Crippen MR) is 142 cm³/mol. The Labute approximate surface area is 216 Å². The van der Waals surface area contributed by atoms with Gasteiger partial charge >= 0.3 is 6.09 Å². The molecular formula is C28H33FN6O2. The van der Waals surface area contributed by atoms with Gasteiger partial charge in [0.1, 0.15) is 11.6 Å². The first-order valence-corrected chi connectivity index (χ1v) is 12.9. The average molecular weight is 505 g/mol. The number of hydrogen-bond donors (Lipinski definition) is 2. The van der Waals surface area contributed by atoms with Gasteiger partial charge in [-0.2, -0.15) is 0 Å². The number of aromatic nitrogens is 2. The third kappa shape index (κ3) is 5.99. The zero-order valence-corrected chi connectivity index (χ0v) is 21.1. The molecule has 2 saturated heterocycles. The summed E-state index contributed by atoms with van der Waals surface area (Å²) in [5, 5.41) is 12.8. The van der Waals surface area contributed by atoms with Gasteiger partial charge in [-0.1, -0.05) is 6.07 Å². The highest BCUT2D eigenvalue weighted by molar-refractivity contribution is 5.73. The van der Waals surface area contributed by atoms with Gasteiger partial charge in [0.05, 0.1) is 5.69 Å². The van der Waals surface area contributed by atoms with Gasteiger partial charge in [0.2, 0.25) is 0 Å². The lowest BCUT2D eigenvalue weighted by Gasteiger charge is -2.38. The maximum Gasteiger partial charge on any atom is 0.407 e. The Balaban J connectivity index is 1.20. The van der Waals surface area contributed by atoms with Crippen molar-refractivity contribution in [1.29, 1.82) is 0 Å². The van der Waals surface area contributed by atoms with Crippen LogP contribution in [0.5, 0.6) is 0 Å². The molecule has 8 nitrogen and oxygen atoms in total. The second kappa shape index (κ2) is 11.1. The van der Waals surface area contributed by atoms with Gasteiger partial charge in [-0.15, -0.1) is 0 Å². The quantitative estimate of drug-likeness (QED) is 0.510. The van der Waals surface area contributed by atoms with Crippen molar-refractivity contribution in [1.82, 2.24) is 19.8 Å². The number of amides is 1. The fourth-order valence-electron chi connectivity index (χ4n) is 5.26. The van der Waals surface area contributed by atoms with Gasteiger partial charge in [-0.25, -0.2) is 14.2 Å². The second-order valence-electron chi connectivity index (χ2n) is 9.90. The first-order chi connectivity index (χ1) is 18.0. The highest BCUT2D eigenvalue weighted by atomic mass is 19.1. The molecule has 9 heteroatoms. The Morgan fingerprint density at radius 2 is 1.84 bits per heavy atom. The SMILES string of the molecule is C[C@H]1CN(Cc2ccc(-c3cccnc3N3CCC(Nc4ccc(F)cc4)CC3)nc2)CCN1C(=O)O. The van der Waals surface area contributed by atoms with Gasteiger partial charge < -0.3 is 20.2 Å². The molecule has 0 aliphatic carbocycles. The van der Waals surface area contributed by atoms with E-state index in [4.69, 9.17) is 9.97 Å². The average Bonchev–Trinajstić information content (AvgIpc) is 2.91. The highest BCUT2D eigenvalue weighted by Gasteiger charge is 2.27. The highest BCUT2D eigenvalue weighted by Crippen LogP contribution is 2.30. The summed E-state index contributed by atoms with van der Waals surface area (Å²) in [5.41, 5.74) is 3.96. The standard InChI is InChI=1S/C28H33FN6O2/c1-20-18-33(15-16-35(20)28(36)37)19-21-4-9-26(31-17-21)25-3-2-12-30-27(25)34-13-10-24(11-14-34)32-23-7-5-22(29)6-8-23/h2-9,12,17,20,24,32H,10-11,13-16,18-19H2,1H3,(H,36,37)/t20-/m0/s1. The monoisotopic (exact) mass is 504 g/mol. The van der Waals surface area contributed by atoms with E-state index in [1.807, 2.05) is 25.4 Å². The van der Waals surface area contributed by atoms with E-state index in [0.717, 1.165) is 67.3 Å². The van der Waals surface area contributed by atoms with E-state index < -0.39 is 6.09 Å². The number of piperidine rings is 1. The number of nitrogens with zero attached hydrogens (tertiary/aromatic N) is 5. The maximum atomic E-state index is 13.2. The van der Waals surface area contributed by atoms with Gasteiger partial charge in [0.15, 0.2) is 0 Å². The van der Waals surface area contributed by atoms with E-state index in [1.54, 1.807) is 12.1 Å². The summed E-state index contributed by atoms with van der Waals surface area (Å²) >= 11 is 0. The van der Waals surface area contributed by atoms with E-state index >= 15 is 0 Å². The summed E-state index contributed by atoms with van der Waals surface area (Å²) in [6.45, 7) is 6.41. The minimum absolute atomic E-state index is 0.0218. The topological polar surface area (TPSA) is 84.8 Å². The minimum Gasteiger partial charge on any atom is -0.465 e. The third-order valence-electron chi connectivity index (χ3n) is 7.26. The molecule has 2 fully saturated rings. The molecular weight excluding hydrogens is 471 g/mol. The maximum absolute atomic E-state index is 13.2. The molecule has 194 valence electrons. The van der Waals surface area contributed by atoms with E-state index in [9.17, 15) is 14.3 Å². The second-order valence-corrected chi connectivity index (χ2v) is 9.90. The van der Waals surface area contributed by atoms with Crippen LogP contribution in [-0.2, 0) is 6.54 Å². The number of hydrogen-bond acceptors (Lipinski definition) is 6. The molecule has 1 aromatic carbocycles. The van der Waals surface area contributed by atoms with Gasteiger partial charge in [-0.05, 0) is 67.8 Å². The molecule has 0 spiro atoms. The van der Waals surface area contributed by atoms with E-state index in [-0.39, 0.29) is 11.9 Å². The lowest BCUT2D eigenvalue weighted by Crippen LogP contribution is -2.53. The summed E-state index contributed by atoms with van der Waals surface area (Å²) in [7, 11) is 0. The Bertz CT molecular complexity index is 1200. The zero-order valence-electron chi connectivity index (χ0n) is 21.1. The van der Waals surface area contributed by atoms with Crippen LogP contribution >= 0.6 is 0 Å². The summed E-state index contributed by atoms with van der Waals surface area (Å²) in [6.07, 6.45) is 4.83. The zero-order chi connectivity index (χ0) is 25.8. The Kier molecular flexibility index (Phi) is 7.50. The van der Waals surface area contributed by atoms with Crippen LogP contribution in [0.3, 0.4) is 0 Å². The number of anilines is 2. The molecule has 0 unspecified atom stereocenters. The molecule has 2 aliphatic rings. The summed E-state index contributed by atoms with van der Waals surface area (Å²) in [4.78, 5) is 26.9. The molecule has 1 amide bonds. The Morgan fingerprint density at radius 3 is 2.51 bits per heavy atom. The van der Waals surface area contributed by atoms with Gasteiger partial charge in [0.25, 0.3) is 0 Å². The smallest absolute Gasteiger partial charge is 0.407 e. The van der Waals surface area contributed by atoms with Crippen LogP contribution in [0, 0.1) is 5.82 Å². The van der Waals surface area contributed by atoms with Crippen molar-refractivity contribution in [3.63, 3.8) is 0 Å². The number of rotatable bonds is 6. The molecule has 5 rings (SSSR count). The summed E-state index contributed by atoms with van der Waals surface area (Å²) in [6, 6.07) is 15.0. The summed E-state index contributed by atoms with van der Waals surface area (Å²) < 4.78 is 13.2. The normalized spacial score (nSPS) is 19.1. The van der Waals surface area contributed by atoms with Crippen LogP contribution in [0.15, 0.2) is 60.9 Å². The van der Waals surface area contributed by atoms with Crippen molar-refractivity contribution in [2.24, 2.45) is 0 Å². The molecule has 0 saturated carbocycles. The lowest BCUT2D eigenvalue weighted by molar-refractivity contribution is 0.0711. The molecule has 2 N–H and O–H groups in total. The molecule has 4 heterocycles. The molecule has 3 aromatic rings. The number of carboxylic acid groups (broad SMARTS) is 1. The number of piperazine rings is 1. The predicted octanol–water partition coefficient (Wildman–Crippen LogP) is 4.55. The summed E-state index contributed by atoms with van der Waals surface area (Å²) in [5.74, 6) is 0.722. The first kappa shape index (κ1) is 25.0. The first-order valence-electron chi connectivity index (χ1n) is 12.9. The van der Waals surface area contributed by atoms with Crippen molar-refractivity contribution < 1.29 is 14.3 Å². The molecule has 2 aromatic heterocycles. The lowest BCUT2D eigenvalue weighted by atomic mass is 10.0. The van der Waals surface area contributed by atoms with Crippen LogP contribution in [0.25, 0.3) is 11.3 Å². The van der Waals surface area contributed by atoms with Crippen LogP contribution < -0.4 is 10.2 Å². The largest absolute Gasteiger partial charge is 0.465 e. The van der Waals surface area contributed by atoms with Crippen molar-refractivity contribution in [2.45, 2.75) is 38.4 Å². The molecule has 0 radical (unpaired) electrons. The van der Waals surface area contributed by atoms with Crippen molar-refractivity contribution in [3.05, 3.63) is 72.3 Å². The number of halogens is 1. The van der Waals surface area contributed by atoms with E-state index in [0.29, 0.717) is 19.1 Å². The van der Waals surface area contributed by atoms with Gasteiger partial charge in [-0.3, -0.25) is 9.88 Å². The third-order valence-corrected chi connectivity index (χ3v) is 7.26. The Hall–Kier alpha value is -3.72. The van der Waals surface area contributed by atoms with Crippen LogP contribution in [0.2, 0.25) is 0 Å². The van der Waals surface area contributed by atoms with Crippen molar-refractivity contribution in [2.75, 3.05) is 42.9 Å². The number of carbonyl (C=O) groups is 1. The van der Waals surface area contributed by atoms with Crippen molar-refractivity contribution >= 4 is 17.6 Å². The number of benzene rings is 1. The van der Waals surface area contributed by atoms with Crippen LogP contribution in [-0.4, -0.2) is 75.8 Å². The van der Waals surface area contributed by atoms with Crippen LogP contribution in [0.1, 0.15) is 25.3 Å². The van der Waals surface area contributed by atoms with Crippen molar-refractivity contribution in [3.8, 4) is 11.3 Å². The van der Waals surface area contributed by atoms with E-state index in [2.05, 4.69) is 33.3 Å².